The summed E-state index contributed by atoms with van der Waals surface area (Å²) < 4.78 is 27.3. The number of nitrogens with zero attached hydrogens (tertiary/aromatic N) is 1. The number of para-hydroxylation sites is 1. The highest BCUT2D eigenvalue weighted by atomic mass is 35.5. The van der Waals surface area contributed by atoms with Gasteiger partial charge in [-0.15, -0.1) is 0 Å². The van der Waals surface area contributed by atoms with Crippen LogP contribution in [-0.4, -0.2) is 17.7 Å². The molecule has 1 aliphatic rings. The van der Waals surface area contributed by atoms with Crippen LogP contribution in [0.4, 0.5) is 14.5 Å². The highest BCUT2D eigenvalue weighted by Gasteiger charge is 2.37. The average Bonchev–Trinajstić information content (AvgIpc) is 2.76. The van der Waals surface area contributed by atoms with Crippen molar-refractivity contribution >= 4 is 22.9 Å². The lowest BCUT2D eigenvalue weighted by atomic mass is 9.95. The maximum absolute atomic E-state index is 14.0. The molecule has 0 aliphatic carbocycles. The number of benzene rings is 2. The van der Waals surface area contributed by atoms with Crippen LogP contribution >= 0.6 is 11.6 Å². The number of halogens is 3. The Morgan fingerprint density at radius 2 is 1.91 bits per heavy atom. The van der Waals surface area contributed by atoms with E-state index in [1.54, 1.807) is 29.3 Å². The fourth-order valence-electron chi connectivity index (χ4n) is 2.74. The second-order valence-electron chi connectivity index (χ2n) is 5.62. The molecule has 1 unspecified atom stereocenters. The van der Waals surface area contributed by atoms with Crippen molar-refractivity contribution in [2.75, 3.05) is 12.4 Å². The molecule has 3 rings (SSSR count). The summed E-state index contributed by atoms with van der Waals surface area (Å²) in [6.07, 6.45) is 1.84. The maximum atomic E-state index is 14.0. The topological polar surface area (TPSA) is 27.3 Å². The summed E-state index contributed by atoms with van der Waals surface area (Å²) in [6.45, 7) is 1.87. The van der Waals surface area contributed by atoms with Crippen LogP contribution < -0.4 is 10.7 Å². The fraction of sp³-hybridized carbons (Fsp3) is 0.176. The zero-order valence-corrected chi connectivity index (χ0v) is 13.5. The number of anilines is 1. The minimum atomic E-state index is -0.793. The Kier molecular flexibility index (Phi) is 4.00. The Morgan fingerprint density at radius 3 is 2.61 bits per heavy atom. The summed E-state index contributed by atoms with van der Waals surface area (Å²) in [5, 5.41) is 5.21. The molecular formula is C17H16ClF2N3. The van der Waals surface area contributed by atoms with Gasteiger partial charge in [0, 0.05) is 24.4 Å². The molecule has 23 heavy (non-hydrogen) atoms. The average molecular weight is 336 g/mol. The van der Waals surface area contributed by atoms with Crippen molar-refractivity contribution in [3.05, 3.63) is 70.9 Å². The van der Waals surface area contributed by atoms with Crippen LogP contribution in [0.25, 0.3) is 5.57 Å². The van der Waals surface area contributed by atoms with E-state index in [1.165, 1.54) is 18.2 Å². The molecule has 1 atom stereocenters. The van der Waals surface area contributed by atoms with Gasteiger partial charge >= 0.3 is 0 Å². The molecule has 3 nitrogen and oxygen atoms in total. The zero-order valence-electron chi connectivity index (χ0n) is 12.7. The second kappa shape index (κ2) is 5.83. The molecular weight excluding hydrogens is 320 g/mol. The first kappa shape index (κ1) is 15.8. The van der Waals surface area contributed by atoms with E-state index in [4.69, 9.17) is 11.6 Å². The van der Waals surface area contributed by atoms with E-state index < -0.39 is 11.5 Å². The van der Waals surface area contributed by atoms with Crippen LogP contribution in [0.3, 0.4) is 0 Å². The van der Waals surface area contributed by atoms with Crippen LogP contribution in [0.5, 0.6) is 0 Å². The molecule has 2 aromatic carbocycles. The Morgan fingerprint density at radius 1 is 1.17 bits per heavy atom. The summed E-state index contributed by atoms with van der Waals surface area (Å²) >= 11 is 6.19. The number of hydrogen-bond donors (Lipinski definition) is 2. The normalized spacial score (nSPS) is 20.6. The molecule has 0 radical (unpaired) electrons. The zero-order chi connectivity index (χ0) is 16.6. The lowest BCUT2D eigenvalue weighted by molar-refractivity contribution is 0.290. The lowest BCUT2D eigenvalue weighted by Crippen LogP contribution is -2.50. The van der Waals surface area contributed by atoms with Gasteiger partial charge in [0.25, 0.3) is 0 Å². The van der Waals surface area contributed by atoms with E-state index in [0.29, 0.717) is 16.3 Å². The number of rotatable bonds is 3. The summed E-state index contributed by atoms with van der Waals surface area (Å²) in [7, 11) is 1.83. The molecule has 0 spiro atoms. The molecule has 120 valence electrons. The Balaban J connectivity index is 2.01. The van der Waals surface area contributed by atoms with E-state index >= 15 is 0 Å². The third kappa shape index (κ3) is 3.02. The first-order valence-corrected chi connectivity index (χ1v) is 7.48. The molecule has 6 heteroatoms. The van der Waals surface area contributed by atoms with Crippen molar-refractivity contribution in [2.24, 2.45) is 0 Å². The summed E-state index contributed by atoms with van der Waals surface area (Å²) in [5.74, 6) is -0.753. The van der Waals surface area contributed by atoms with Crippen LogP contribution in [0, 0.1) is 11.6 Å². The second-order valence-corrected chi connectivity index (χ2v) is 6.03. The largest absolute Gasteiger partial charge is 0.360 e. The van der Waals surface area contributed by atoms with Crippen molar-refractivity contribution in [3.63, 3.8) is 0 Å². The molecule has 1 heterocycles. The SMILES string of the molecule is CN1C=C(c2ccc(F)cc2Cl)C(C)(Nc2ccccc2F)N1. The van der Waals surface area contributed by atoms with E-state index in [-0.39, 0.29) is 5.82 Å². The van der Waals surface area contributed by atoms with Gasteiger partial charge in [0.1, 0.15) is 17.3 Å². The van der Waals surface area contributed by atoms with Gasteiger partial charge in [-0.2, -0.15) is 0 Å². The van der Waals surface area contributed by atoms with Crippen LogP contribution in [0.2, 0.25) is 5.02 Å². The molecule has 0 saturated carbocycles. The van der Waals surface area contributed by atoms with Crippen molar-refractivity contribution < 1.29 is 8.78 Å². The minimum Gasteiger partial charge on any atom is -0.360 e. The smallest absolute Gasteiger partial charge is 0.146 e. The molecule has 0 fully saturated rings. The predicted molar refractivity (Wildman–Crippen MR) is 88.7 cm³/mol. The number of hydrazine groups is 1. The quantitative estimate of drug-likeness (QED) is 0.878. The fourth-order valence-corrected chi connectivity index (χ4v) is 3.01. The minimum absolute atomic E-state index is 0.301. The number of nitrogens with one attached hydrogen (secondary N) is 2. The maximum Gasteiger partial charge on any atom is 0.146 e. The van der Waals surface area contributed by atoms with E-state index in [0.717, 1.165) is 5.57 Å². The summed E-state index contributed by atoms with van der Waals surface area (Å²) in [4.78, 5) is 0. The standard InChI is InChI=1S/C17H16ClF2N3/c1-17(21-16-6-4-3-5-15(16)20)13(10-23(2)22-17)12-8-7-11(19)9-14(12)18/h3-10,21-22H,1-2H3. The van der Waals surface area contributed by atoms with E-state index in [1.807, 2.05) is 20.2 Å². The predicted octanol–water partition coefficient (Wildman–Crippen LogP) is 4.24. The van der Waals surface area contributed by atoms with Gasteiger partial charge in [0.2, 0.25) is 0 Å². The van der Waals surface area contributed by atoms with Crippen LogP contribution in [-0.2, 0) is 0 Å². The summed E-state index contributed by atoms with van der Waals surface area (Å²) in [6, 6.07) is 10.7. The van der Waals surface area contributed by atoms with Crippen molar-refractivity contribution in [1.29, 1.82) is 0 Å². The highest BCUT2D eigenvalue weighted by Crippen LogP contribution is 2.37. The first-order chi connectivity index (χ1) is 10.9. The Bertz CT molecular complexity index is 778. The Labute approximate surface area is 138 Å². The molecule has 2 aromatic rings. The van der Waals surface area contributed by atoms with Gasteiger partial charge in [0.15, 0.2) is 0 Å². The molecule has 1 aliphatic heterocycles. The third-order valence-electron chi connectivity index (χ3n) is 3.74. The Hall–Kier alpha value is -2.11. The van der Waals surface area contributed by atoms with Crippen LogP contribution in [0.15, 0.2) is 48.7 Å². The molecule has 0 bridgehead atoms. The third-order valence-corrected chi connectivity index (χ3v) is 4.05. The summed E-state index contributed by atoms with van der Waals surface area (Å²) in [5.41, 5.74) is 4.24. The highest BCUT2D eigenvalue weighted by molar-refractivity contribution is 6.32. The molecule has 2 N–H and O–H groups in total. The van der Waals surface area contributed by atoms with E-state index in [9.17, 15) is 8.78 Å². The van der Waals surface area contributed by atoms with Crippen LogP contribution in [0.1, 0.15) is 12.5 Å². The lowest BCUT2D eigenvalue weighted by Gasteiger charge is -2.32. The van der Waals surface area contributed by atoms with E-state index in [2.05, 4.69) is 10.7 Å². The monoisotopic (exact) mass is 335 g/mol. The van der Waals surface area contributed by atoms with Gasteiger partial charge in [-0.1, -0.05) is 29.8 Å². The van der Waals surface area contributed by atoms with Gasteiger partial charge < -0.3 is 10.3 Å². The molecule has 0 saturated heterocycles. The van der Waals surface area contributed by atoms with Gasteiger partial charge in [0.05, 0.1) is 10.7 Å². The number of hydrogen-bond acceptors (Lipinski definition) is 3. The molecule has 0 aromatic heterocycles. The van der Waals surface area contributed by atoms with Crippen molar-refractivity contribution in [3.8, 4) is 0 Å². The first-order valence-electron chi connectivity index (χ1n) is 7.10. The molecule has 0 amide bonds. The van der Waals surface area contributed by atoms with Gasteiger partial charge in [-0.25, -0.2) is 14.2 Å². The van der Waals surface area contributed by atoms with Crippen molar-refractivity contribution in [1.82, 2.24) is 10.4 Å². The van der Waals surface area contributed by atoms with Crippen molar-refractivity contribution in [2.45, 2.75) is 12.6 Å². The van der Waals surface area contributed by atoms with Gasteiger partial charge in [-0.3, -0.25) is 0 Å². The van der Waals surface area contributed by atoms with Gasteiger partial charge in [-0.05, 0) is 31.2 Å².